The fraction of sp³-hybridized carbons (Fsp3) is 0. The van der Waals surface area contributed by atoms with Crippen molar-refractivity contribution in [3.05, 3.63) is 231 Å². The molecule has 328 valence electrons. The first-order chi connectivity index (χ1) is 35.7. The highest BCUT2D eigenvalue weighted by Crippen LogP contribution is 2.51. The highest BCUT2D eigenvalue weighted by Gasteiger charge is 2.42. The third kappa shape index (κ3) is 4.55. The summed E-state index contributed by atoms with van der Waals surface area (Å²) in [7, 11) is 0. The van der Waals surface area contributed by atoms with Crippen molar-refractivity contribution in [2.75, 3.05) is 0 Å². The average Bonchev–Trinajstić information content (AvgIpc) is 4.08. The van der Waals surface area contributed by atoms with E-state index in [9.17, 15) is 0 Å². The maximum absolute atomic E-state index is 2.67. The molecule has 3 nitrogen and oxygen atoms in total. The summed E-state index contributed by atoms with van der Waals surface area (Å²) in [4.78, 5) is 0. The second-order valence-corrected chi connectivity index (χ2v) is 20.3. The Bertz CT molecular complexity index is 4880. The zero-order valence-corrected chi connectivity index (χ0v) is 38.9. The number of benzene rings is 12. The van der Waals surface area contributed by atoms with E-state index in [4.69, 9.17) is 0 Å². The van der Waals surface area contributed by atoms with E-state index in [0.717, 1.165) is 5.69 Å². The minimum absolute atomic E-state index is 0.00549. The first-order valence-electron chi connectivity index (χ1n) is 25.2. The van der Waals surface area contributed by atoms with E-state index >= 15 is 0 Å². The van der Waals surface area contributed by atoms with E-state index in [1.54, 1.807) is 0 Å². The molecule has 0 saturated carbocycles. The quantitative estimate of drug-likeness (QED) is 0.157. The van der Waals surface area contributed by atoms with Gasteiger partial charge in [0.15, 0.2) is 0 Å². The Morgan fingerprint density at radius 1 is 0.278 bits per heavy atom. The van der Waals surface area contributed by atoms with Crippen LogP contribution in [0.1, 0.15) is 0 Å². The second kappa shape index (κ2) is 13.3. The maximum Gasteiger partial charge on any atom is 0.252 e. The van der Waals surface area contributed by atoms with E-state index in [1.165, 1.54) is 159 Å². The molecule has 12 aromatic carbocycles. The van der Waals surface area contributed by atoms with Gasteiger partial charge in [0.05, 0.1) is 33.3 Å². The number of para-hydroxylation sites is 1. The molecule has 0 atom stereocenters. The van der Waals surface area contributed by atoms with Crippen molar-refractivity contribution >= 4 is 110 Å². The molecule has 18 rings (SSSR count). The summed E-state index contributed by atoms with van der Waals surface area (Å²) in [5, 5.41) is 13.0. The van der Waals surface area contributed by atoms with Crippen molar-refractivity contribution in [1.82, 2.24) is 13.7 Å². The van der Waals surface area contributed by atoms with Gasteiger partial charge < -0.3 is 13.7 Å². The van der Waals surface area contributed by atoms with Gasteiger partial charge in [-0.15, -0.1) is 0 Å². The number of hydrogen-bond donors (Lipinski definition) is 0. The van der Waals surface area contributed by atoms with Gasteiger partial charge in [-0.3, -0.25) is 0 Å². The molecule has 0 unspecified atom stereocenters. The van der Waals surface area contributed by atoms with Crippen molar-refractivity contribution in [1.29, 1.82) is 0 Å². The molecule has 0 bridgehead atoms. The van der Waals surface area contributed by atoms with Gasteiger partial charge in [-0.05, 0) is 131 Å². The van der Waals surface area contributed by atoms with Crippen LogP contribution >= 0.6 is 0 Å². The lowest BCUT2D eigenvalue weighted by molar-refractivity contribution is 1.10. The van der Waals surface area contributed by atoms with Crippen molar-refractivity contribution in [2.24, 2.45) is 0 Å². The first-order valence-corrected chi connectivity index (χ1v) is 25.2. The van der Waals surface area contributed by atoms with Gasteiger partial charge >= 0.3 is 0 Å². The number of aromatic nitrogens is 3. The lowest BCUT2D eigenvalue weighted by Gasteiger charge is -2.34. The maximum atomic E-state index is 2.67. The first kappa shape index (κ1) is 37.5. The van der Waals surface area contributed by atoms with Crippen LogP contribution in [0.15, 0.2) is 231 Å². The molecule has 5 heterocycles. The molecule has 3 aliphatic rings. The standard InChI is InChI=1S/C68H38BN3/c1-3-13-39(14-4-1)43-27-31-56-52(35-43)53-36-44(40-15-5-2-6-16-40)28-32-57(53)70(56)45-37-60-66-61(38-45)72-59-34-26-42-18-11-22-49-47-20-9-10-21-48(47)50-29-30-55(68(72)64(50)65(59)62(42)49)69(66)54-24-12-23-51-63-46-19-8-7-17-41(46)25-33-58(63)71(60)67(51)54/h1-38H. The zero-order valence-electron chi connectivity index (χ0n) is 38.9. The molecular weight excluding hydrogens is 870 g/mol. The smallest absolute Gasteiger partial charge is 0.252 e. The molecule has 0 radical (unpaired) electrons. The highest BCUT2D eigenvalue weighted by molar-refractivity contribution is 7.00. The van der Waals surface area contributed by atoms with E-state index in [1.807, 2.05) is 0 Å². The molecule has 1 aliphatic carbocycles. The molecule has 72 heavy (non-hydrogen) atoms. The largest absolute Gasteiger partial charge is 0.310 e. The predicted octanol–water partition coefficient (Wildman–Crippen LogP) is 15.4. The number of fused-ring (bicyclic) bond motifs is 16. The molecule has 0 saturated heterocycles. The van der Waals surface area contributed by atoms with Crippen LogP contribution in [-0.2, 0) is 0 Å². The molecule has 3 aromatic heterocycles. The topological polar surface area (TPSA) is 14.8 Å². The minimum Gasteiger partial charge on any atom is -0.310 e. The molecule has 4 heteroatoms. The summed E-state index contributed by atoms with van der Waals surface area (Å²) >= 11 is 0. The number of rotatable bonds is 3. The van der Waals surface area contributed by atoms with Gasteiger partial charge in [0.25, 0.3) is 6.71 Å². The minimum atomic E-state index is 0.00549. The SMILES string of the molecule is c1ccc(-c2ccc3c(c2)c2cc(-c4ccccc4)ccc2n3-c2cc3c4c(c2)-n2c5ccc6cccc7c6c5c5c(ccc(c52)B4c2cccc4c5c6ccccc6ccc5n-3c24)-c2ccccc2-7)cc1. The van der Waals surface area contributed by atoms with Gasteiger partial charge in [0, 0.05) is 49.2 Å². The van der Waals surface area contributed by atoms with Crippen molar-refractivity contribution in [3.8, 4) is 61.6 Å². The summed E-state index contributed by atoms with van der Waals surface area (Å²) < 4.78 is 7.86. The van der Waals surface area contributed by atoms with E-state index < -0.39 is 0 Å². The van der Waals surface area contributed by atoms with Gasteiger partial charge in [-0.2, -0.15) is 0 Å². The van der Waals surface area contributed by atoms with E-state index in [0.29, 0.717) is 0 Å². The summed E-state index contributed by atoms with van der Waals surface area (Å²) in [5.41, 5.74) is 25.2. The van der Waals surface area contributed by atoms with Gasteiger partial charge in [-0.25, -0.2) is 0 Å². The Labute approximate surface area is 413 Å². The average molecular weight is 908 g/mol. The van der Waals surface area contributed by atoms with E-state index in [-0.39, 0.29) is 6.71 Å². The molecular formula is C68H38BN3. The molecule has 2 aliphatic heterocycles. The molecule has 0 spiro atoms. The highest BCUT2D eigenvalue weighted by atomic mass is 15.1. The van der Waals surface area contributed by atoms with Gasteiger partial charge in [0.1, 0.15) is 0 Å². The molecule has 0 N–H and O–H groups in total. The summed E-state index contributed by atoms with van der Waals surface area (Å²) in [6.45, 7) is 0.00549. The lowest BCUT2D eigenvalue weighted by Crippen LogP contribution is -2.59. The van der Waals surface area contributed by atoms with Crippen LogP contribution < -0.4 is 16.4 Å². The normalized spacial score (nSPS) is 13.0. The fourth-order valence-corrected chi connectivity index (χ4v) is 14.1. The Hall–Kier alpha value is -9.38. The van der Waals surface area contributed by atoms with Crippen molar-refractivity contribution in [3.63, 3.8) is 0 Å². The third-order valence-corrected chi connectivity index (χ3v) is 16.9. The fourth-order valence-electron chi connectivity index (χ4n) is 14.1. The summed E-state index contributed by atoms with van der Waals surface area (Å²) in [5.74, 6) is 0. The Morgan fingerprint density at radius 2 is 0.819 bits per heavy atom. The second-order valence-electron chi connectivity index (χ2n) is 20.3. The van der Waals surface area contributed by atoms with Crippen LogP contribution in [0.3, 0.4) is 0 Å². The predicted molar refractivity (Wildman–Crippen MR) is 304 cm³/mol. The van der Waals surface area contributed by atoms with Crippen molar-refractivity contribution < 1.29 is 0 Å². The van der Waals surface area contributed by atoms with Crippen LogP contribution in [-0.4, -0.2) is 20.4 Å². The van der Waals surface area contributed by atoms with Crippen LogP contribution in [0.4, 0.5) is 0 Å². The van der Waals surface area contributed by atoms with E-state index in [2.05, 4.69) is 244 Å². The Morgan fingerprint density at radius 3 is 1.54 bits per heavy atom. The number of nitrogens with zero attached hydrogens (tertiary/aromatic N) is 3. The zero-order chi connectivity index (χ0) is 46.5. The molecule has 0 fully saturated rings. The summed E-state index contributed by atoms with van der Waals surface area (Å²) in [6, 6.07) is 87.3. The molecule has 0 amide bonds. The van der Waals surface area contributed by atoms with Gasteiger partial charge in [0.2, 0.25) is 0 Å². The molecule has 15 aromatic rings. The number of hydrogen-bond acceptors (Lipinski definition) is 0. The Kier molecular flexibility index (Phi) is 6.92. The van der Waals surface area contributed by atoms with Crippen LogP contribution in [0.25, 0.3) is 149 Å². The lowest BCUT2D eigenvalue weighted by atomic mass is 9.34. The van der Waals surface area contributed by atoms with Crippen molar-refractivity contribution in [2.45, 2.75) is 0 Å². The van der Waals surface area contributed by atoms with Gasteiger partial charge in [-0.1, -0.05) is 182 Å². The third-order valence-electron chi connectivity index (χ3n) is 16.9. The van der Waals surface area contributed by atoms with Crippen LogP contribution in [0.5, 0.6) is 0 Å². The van der Waals surface area contributed by atoms with Crippen LogP contribution in [0.2, 0.25) is 0 Å². The summed E-state index contributed by atoms with van der Waals surface area (Å²) in [6.07, 6.45) is 0. The Balaban J connectivity index is 1.03. The van der Waals surface area contributed by atoms with Crippen LogP contribution in [0, 0.1) is 0 Å². The monoisotopic (exact) mass is 907 g/mol.